The topological polar surface area (TPSA) is 128 Å². The molecule has 0 bridgehead atoms. The highest BCUT2D eigenvalue weighted by molar-refractivity contribution is 8.01. The van der Waals surface area contributed by atoms with Crippen LogP contribution in [0.5, 0.6) is 0 Å². The van der Waals surface area contributed by atoms with E-state index in [0.29, 0.717) is 10.5 Å². The van der Waals surface area contributed by atoms with Crippen molar-refractivity contribution >= 4 is 46.6 Å². The first-order valence-corrected chi connectivity index (χ1v) is 10.2. The van der Waals surface area contributed by atoms with Gasteiger partial charge in [-0.3, -0.25) is 24.5 Å². The minimum Gasteiger partial charge on any atom is -0.456 e. The molecule has 1 atom stereocenters. The Morgan fingerprint density at radius 3 is 2.67 bits per heavy atom. The summed E-state index contributed by atoms with van der Waals surface area (Å²) in [5.74, 6) is -2.39. The molecule has 0 saturated heterocycles. The summed E-state index contributed by atoms with van der Waals surface area (Å²) < 4.78 is 43.3. The van der Waals surface area contributed by atoms with Crippen molar-refractivity contribution in [3.8, 4) is 0 Å². The van der Waals surface area contributed by atoms with Crippen LogP contribution in [0.15, 0.2) is 41.3 Å². The third-order valence-corrected chi connectivity index (χ3v) is 5.83. The minimum absolute atomic E-state index is 0.0105. The predicted molar refractivity (Wildman–Crippen MR) is 112 cm³/mol. The summed E-state index contributed by atoms with van der Waals surface area (Å²) in [5.41, 5.74) is -0.840. The van der Waals surface area contributed by atoms with Crippen molar-refractivity contribution in [2.45, 2.75) is 29.7 Å². The number of nitrogens with one attached hydrogen (secondary N) is 2. The molecule has 33 heavy (non-hydrogen) atoms. The van der Waals surface area contributed by atoms with Gasteiger partial charge in [0.15, 0.2) is 6.61 Å². The Bertz CT molecular complexity index is 1140. The smallest absolute Gasteiger partial charge is 0.416 e. The number of para-hydroxylation sites is 1. The average Bonchev–Trinajstić information content (AvgIpc) is 2.73. The number of hydrogen-bond donors (Lipinski definition) is 2. The molecule has 2 aromatic carbocycles. The molecule has 0 saturated carbocycles. The number of rotatable bonds is 6. The first kappa shape index (κ1) is 24.0. The molecular formula is C20H16F3N3O6S. The lowest BCUT2D eigenvalue weighted by Crippen LogP contribution is -2.32. The van der Waals surface area contributed by atoms with Crippen molar-refractivity contribution in [2.75, 3.05) is 17.2 Å². The quantitative estimate of drug-likeness (QED) is 0.362. The summed E-state index contributed by atoms with van der Waals surface area (Å²) in [4.78, 5) is 47.2. The maximum absolute atomic E-state index is 12.8. The van der Waals surface area contributed by atoms with Gasteiger partial charge in [-0.2, -0.15) is 13.2 Å². The van der Waals surface area contributed by atoms with Gasteiger partial charge in [0, 0.05) is 11.0 Å². The van der Waals surface area contributed by atoms with E-state index in [2.05, 4.69) is 10.6 Å². The summed E-state index contributed by atoms with van der Waals surface area (Å²) in [6.45, 7) is 0.817. The number of aryl methyl sites for hydroxylation is 1. The minimum atomic E-state index is -4.57. The highest BCUT2D eigenvalue weighted by Gasteiger charge is 2.34. The van der Waals surface area contributed by atoms with Gasteiger partial charge in [0.25, 0.3) is 11.6 Å². The summed E-state index contributed by atoms with van der Waals surface area (Å²) in [6.07, 6.45) is -5.00. The van der Waals surface area contributed by atoms with Crippen LogP contribution in [0.25, 0.3) is 0 Å². The molecule has 9 nitrogen and oxygen atoms in total. The highest BCUT2D eigenvalue weighted by Crippen LogP contribution is 2.40. The molecule has 2 aromatic rings. The first-order chi connectivity index (χ1) is 15.5. The molecule has 0 spiro atoms. The molecule has 1 aliphatic rings. The van der Waals surface area contributed by atoms with Gasteiger partial charge in [-0.1, -0.05) is 12.1 Å². The van der Waals surface area contributed by atoms with Crippen LogP contribution in [-0.2, 0) is 25.3 Å². The maximum Gasteiger partial charge on any atom is 0.416 e. The molecule has 0 fully saturated rings. The molecule has 0 aromatic heterocycles. The van der Waals surface area contributed by atoms with Crippen LogP contribution in [0, 0.1) is 17.0 Å². The molecule has 0 aliphatic carbocycles. The van der Waals surface area contributed by atoms with Crippen LogP contribution in [0.4, 0.5) is 30.2 Å². The molecule has 1 unspecified atom stereocenters. The SMILES string of the molecule is Cc1cccc([N+](=O)[O-])c1NC(=O)COC(=O)CC1Sc2ccc(C(F)(F)F)cc2NC1=O. The molecule has 174 valence electrons. The van der Waals surface area contributed by atoms with Gasteiger partial charge < -0.3 is 15.4 Å². The van der Waals surface area contributed by atoms with Gasteiger partial charge in [0.05, 0.1) is 27.8 Å². The van der Waals surface area contributed by atoms with Crippen molar-refractivity contribution in [1.29, 1.82) is 0 Å². The molecule has 2 N–H and O–H groups in total. The number of nitro benzene ring substituents is 1. The van der Waals surface area contributed by atoms with Crippen molar-refractivity contribution in [2.24, 2.45) is 0 Å². The summed E-state index contributed by atoms with van der Waals surface area (Å²) in [7, 11) is 0. The standard InChI is InChI=1S/C20H16F3N3O6S/c1-10-3-2-4-13(26(30)31)18(10)25-16(27)9-32-17(28)8-15-19(29)24-12-7-11(20(21,22)23)5-6-14(12)33-15/h2-7,15H,8-9H2,1H3,(H,24,29)(H,25,27). The van der Waals surface area contributed by atoms with Crippen LogP contribution >= 0.6 is 11.8 Å². The Morgan fingerprint density at radius 2 is 2.00 bits per heavy atom. The van der Waals surface area contributed by atoms with Crippen molar-refractivity contribution in [1.82, 2.24) is 0 Å². The van der Waals surface area contributed by atoms with Crippen LogP contribution in [0.3, 0.4) is 0 Å². The average molecular weight is 483 g/mol. The Morgan fingerprint density at radius 1 is 1.27 bits per heavy atom. The van der Waals surface area contributed by atoms with Gasteiger partial charge in [-0.25, -0.2) is 0 Å². The lowest BCUT2D eigenvalue weighted by atomic mass is 10.1. The maximum atomic E-state index is 12.8. The number of anilines is 2. The lowest BCUT2D eigenvalue weighted by Gasteiger charge is -2.24. The molecule has 1 heterocycles. The number of carbonyl (C=O) groups excluding carboxylic acids is 3. The summed E-state index contributed by atoms with van der Waals surface area (Å²) in [5, 5.41) is 14.8. The molecule has 0 radical (unpaired) electrons. The third-order valence-electron chi connectivity index (χ3n) is 4.55. The second kappa shape index (κ2) is 9.48. The number of alkyl halides is 3. The van der Waals surface area contributed by atoms with E-state index in [1.165, 1.54) is 18.2 Å². The van der Waals surface area contributed by atoms with E-state index in [1.54, 1.807) is 13.0 Å². The zero-order valence-electron chi connectivity index (χ0n) is 16.9. The van der Waals surface area contributed by atoms with Gasteiger partial charge in [0.1, 0.15) is 5.69 Å². The Labute approximate surface area is 188 Å². The number of nitro groups is 1. The van der Waals surface area contributed by atoms with Crippen molar-refractivity contribution in [3.05, 3.63) is 57.6 Å². The van der Waals surface area contributed by atoms with E-state index in [1.807, 2.05) is 0 Å². The predicted octanol–water partition coefficient (Wildman–Crippen LogP) is 3.91. The van der Waals surface area contributed by atoms with E-state index >= 15 is 0 Å². The number of hydrogen-bond acceptors (Lipinski definition) is 7. The Kier molecular flexibility index (Phi) is 6.91. The third kappa shape index (κ3) is 5.80. The van der Waals surface area contributed by atoms with E-state index in [9.17, 15) is 37.7 Å². The van der Waals surface area contributed by atoms with Crippen molar-refractivity contribution in [3.63, 3.8) is 0 Å². The van der Waals surface area contributed by atoms with Crippen LogP contribution in [0.1, 0.15) is 17.5 Å². The van der Waals surface area contributed by atoms with E-state index in [4.69, 9.17) is 4.74 Å². The van der Waals surface area contributed by atoms with E-state index < -0.39 is 52.7 Å². The van der Waals surface area contributed by atoms with Gasteiger partial charge in [-0.05, 0) is 30.7 Å². The number of amides is 2. The molecular weight excluding hydrogens is 467 g/mol. The molecule has 3 rings (SSSR count). The Balaban J connectivity index is 1.57. The first-order valence-electron chi connectivity index (χ1n) is 9.34. The number of carbonyl (C=O) groups is 3. The monoisotopic (exact) mass is 483 g/mol. The van der Waals surface area contributed by atoms with Crippen LogP contribution in [0.2, 0.25) is 0 Å². The number of thioether (sulfide) groups is 1. The zero-order chi connectivity index (χ0) is 24.3. The molecule has 13 heteroatoms. The van der Waals surface area contributed by atoms with Crippen LogP contribution < -0.4 is 10.6 Å². The number of benzene rings is 2. The lowest BCUT2D eigenvalue weighted by molar-refractivity contribution is -0.384. The highest BCUT2D eigenvalue weighted by atomic mass is 32.2. The number of nitrogens with zero attached hydrogens (tertiary/aromatic N) is 1. The fourth-order valence-corrected chi connectivity index (χ4v) is 4.04. The fraction of sp³-hybridized carbons (Fsp3) is 0.250. The van der Waals surface area contributed by atoms with Crippen LogP contribution in [-0.4, -0.2) is 34.6 Å². The number of ether oxygens (including phenoxy) is 1. The van der Waals surface area contributed by atoms with E-state index in [-0.39, 0.29) is 17.1 Å². The second-order valence-corrected chi connectivity index (χ2v) is 8.19. The summed E-state index contributed by atoms with van der Waals surface area (Å²) >= 11 is 0.901. The van der Waals surface area contributed by atoms with E-state index in [0.717, 1.165) is 23.9 Å². The van der Waals surface area contributed by atoms with Crippen molar-refractivity contribution < 1.29 is 37.2 Å². The van der Waals surface area contributed by atoms with Gasteiger partial charge >= 0.3 is 12.1 Å². The largest absolute Gasteiger partial charge is 0.456 e. The number of esters is 1. The molecule has 1 aliphatic heterocycles. The summed E-state index contributed by atoms with van der Waals surface area (Å²) in [6, 6.07) is 7.10. The zero-order valence-corrected chi connectivity index (χ0v) is 17.7. The fourth-order valence-electron chi connectivity index (χ4n) is 2.96. The van der Waals surface area contributed by atoms with Gasteiger partial charge in [-0.15, -0.1) is 11.8 Å². The Hall–Kier alpha value is -3.61. The number of halogens is 3. The van der Waals surface area contributed by atoms with Gasteiger partial charge in [0.2, 0.25) is 5.91 Å². The normalized spacial score (nSPS) is 15.3. The number of fused-ring (bicyclic) bond motifs is 1. The second-order valence-electron chi connectivity index (χ2n) is 6.94. The molecule has 2 amide bonds.